The van der Waals surface area contributed by atoms with Crippen LogP contribution in [0.25, 0.3) is 6.08 Å². The predicted molar refractivity (Wildman–Crippen MR) is 106 cm³/mol. The lowest BCUT2D eigenvalue weighted by molar-refractivity contribution is -0.122. The van der Waals surface area contributed by atoms with Gasteiger partial charge in [-0.25, -0.2) is 0 Å². The molecule has 0 aromatic heterocycles. The fourth-order valence-corrected chi connectivity index (χ4v) is 3.13. The number of amides is 2. The van der Waals surface area contributed by atoms with Crippen LogP contribution in [0.15, 0.2) is 42.0 Å². The van der Waals surface area contributed by atoms with Crippen molar-refractivity contribution >= 4 is 64.1 Å². The summed E-state index contributed by atoms with van der Waals surface area (Å²) in [6, 6.07) is 9.45. The Labute approximate surface area is 164 Å². The number of benzene rings is 2. The van der Waals surface area contributed by atoms with Crippen LogP contribution in [0.5, 0.6) is 5.75 Å². The van der Waals surface area contributed by atoms with Gasteiger partial charge in [-0.2, -0.15) is 0 Å². The van der Waals surface area contributed by atoms with Gasteiger partial charge in [0.1, 0.15) is 11.3 Å². The molecule has 132 valence electrons. The van der Waals surface area contributed by atoms with E-state index in [2.05, 4.69) is 5.32 Å². The molecule has 2 N–H and O–H groups in total. The zero-order valence-corrected chi connectivity index (χ0v) is 15.7. The van der Waals surface area contributed by atoms with Gasteiger partial charge in [0.05, 0.1) is 10.7 Å². The number of carbonyl (C=O) groups is 2. The molecule has 1 fully saturated rings. The molecule has 1 heterocycles. The van der Waals surface area contributed by atoms with Gasteiger partial charge in [-0.05, 0) is 60.6 Å². The molecule has 0 aliphatic carbocycles. The van der Waals surface area contributed by atoms with Gasteiger partial charge in [-0.3, -0.25) is 19.8 Å². The highest BCUT2D eigenvalue weighted by molar-refractivity contribution is 7.80. The number of nitrogens with zero attached hydrogens (tertiary/aromatic N) is 1. The van der Waals surface area contributed by atoms with Crippen LogP contribution in [0.3, 0.4) is 0 Å². The lowest BCUT2D eigenvalue weighted by Crippen LogP contribution is -2.54. The number of rotatable bonds is 2. The molecular formula is C18H12Cl2N2O3S. The zero-order chi connectivity index (χ0) is 19.0. The summed E-state index contributed by atoms with van der Waals surface area (Å²) in [6.07, 6.45) is 1.39. The first kappa shape index (κ1) is 18.4. The third-order valence-electron chi connectivity index (χ3n) is 3.86. The van der Waals surface area contributed by atoms with Gasteiger partial charge >= 0.3 is 0 Å². The van der Waals surface area contributed by atoms with Gasteiger partial charge in [0, 0.05) is 5.02 Å². The second-order valence-electron chi connectivity index (χ2n) is 5.55. The summed E-state index contributed by atoms with van der Waals surface area (Å²) < 4.78 is 0. The largest absolute Gasteiger partial charge is 0.506 e. The number of carbonyl (C=O) groups excluding carboxylic acids is 2. The second kappa shape index (κ2) is 7.07. The number of hydrogen-bond acceptors (Lipinski definition) is 4. The van der Waals surface area contributed by atoms with E-state index in [1.807, 2.05) is 0 Å². The molecule has 0 spiro atoms. The van der Waals surface area contributed by atoms with Crippen LogP contribution in [0.4, 0.5) is 5.69 Å². The molecule has 0 atom stereocenters. The first-order chi connectivity index (χ1) is 12.3. The van der Waals surface area contributed by atoms with E-state index < -0.39 is 11.8 Å². The van der Waals surface area contributed by atoms with Crippen molar-refractivity contribution in [2.75, 3.05) is 4.90 Å². The Hall–Kier alpha value is -2.41. The fourth-order valence-electron chi connectivity index (χ4n) is 2.49. The van der Waals surface area contributed by atoms with Crippen LogP contribution < -0.4 is 10.2 Å². The molecule has 0 bridgehead atoms. The average Bonchev–Trinajstić information content (AvgIpc) is 2.58. The molecule has 0 radical (unpaired) electrons. The number of nitrogens with one attached hydrogen (secondary N) is 1. The summed E-state index contributed by atoms with van der Waals surface area (Å²) in [5.41, 5.74) is 1.52. The monoisotopic (exact) mass is 406 g/mol. The summed E-state index contributed by atoms with van der Waals surface area (Å²) >= 11 is 17.2. The SMILES string of the molecule is Cc1c(Cl)cccc1N1C(=O)C(=Cc2ccc(O)c(Cl)c2)C(=O)NC1=S. The van der Waals surface area contributed by atoms with Crippen LogP contribution in [-0.4, -0.2) is 22.0 Å². The van der Waals surface area contributed by atoms with Gasteiger partial charge in [0.2, 0.25) is 0 Å². The van der Waals surface area contributed by atoms with E-state index in [0.717, 1.165) is 0 Å². The number of phenolic OH excluding ortho intramolecular Hbond substituents is 1. The molecule has 1 saturated heterocycles. The predicted octanol–water partition coefficient (Wildman–Crippen LogP) is 3.84. The smallest absolute Gasteiger partial charge is 0.270 e. The number of hydrogen-bond donors (Lipinski definition) is 2. The Kier molecular flexibility index (Phi) is 5.00. The number of halogens is 2. The molecule has 1 aliphatic rings. The molecule has 0 unspecified atom stereocenters. The number of aromatic hydroxyl groups is 1. The highest BCUT2D eigenvalue weighted by Crippen LogP contribution is 2.30. The summed E-state index contributed by atoms with van der Waals surface area (Å²) in [6.45, 7) is 1.76. The van der Waals surface area contributed by atoms with E-state index in [0.29, 0.717) is 21.8 Å². The third kappa shape index (κ3) is 3.31. The Morgan fingerprint density at radius 3 is 2.58 bits per heavy atom. The van der Waals surface area contributed by atoms with Crippen molar-refractivity contribution in [1.82, 2.24) is 5.32 Å². The van der Waals surface area contributed by atoms with E-state index >= 15 is 0 Å². The lowest BCUT2D eigenvalue weighted by Gasteiger charge is -2.30. The van der Waals surface area contributed by atoms with Gasteiger partial charge < -0.3 is 5.11 Å². The number of thiocarbonyl (C=S) groups is 1. The Morgan fingerprint density at radius 2 is 1.88 bits per heavy atom. The Bertz CT molecular complexity index is 988. The van der Waals surface area contributed by atoms with E-state index in [1.165, 1.54) is 29.2 Å². The van der Waals surface area contributed by atoms with Gasteiger partial charge in [-0.1, -0.05) is 35.3 Å². The normalized spacial score (nSPS) is 16.2. The molecule has 5 nitrogen and oxygen atoms in total. The maximum absolute atomic E-state index is 13.0. The minimum Gasteiger partial charge on any atom is -0.506 e. The van der Waals surface area contributed by atoms with Crippen molar-refractivity contribution in [1.29, 1.82) is 0 Å². The van der Waals surface area contributed by atoms with Crippen molar-refractivity contribution in [3.05, 3.63) is 63.1 Å². The minimum atomic E-state index is -0.611. The maximum Gasteiger partial charge on any atom is 0.270 e. The van der Waals surface area contributed by atoms with E-state index in [9.17, 15) is 14.7 Å². The molecule has 1 aliphatic heterocycles. The molecular weight excluding hydrogens is 395 g/mol. The Morgan fingerprint density at radius 1 is 1.15 bits per heavy atom. The molecule has 2 aromatic rings. The molecule has 0 saturated carbocycles. The first-order valence-corrected chi connectivity index (χ1v) is 8.61. The first-order valence-electron chi connectivity index (χ1n) is 7.44. The third-order valence-corrected chi connectivity index (χ3v) is 4.86. The summed E-state index contributed by atoms with van der Waals surface area (Å²) in [5.74, 6) is -1.28. The summed E-state index contributed by atoms with van der Waals surface area (Å²) in [4.78, 5) is 26.5. The van der Waals surface area contributed by atoms with Crippen LogP contribution in [0, 0.1) is 6.92 Å². The van der Waals surface area contributed by atoms with Crippen LogP contribution >= 0.6 is 35.4 Å². The van der Waals surface area contributed by atoms with Crippen molar-refractivity contribution in [3.63, 3.8) is 0 Å². The summed E-state index contributed by atoms with van der Waals surface area (Å²) in [7, 11) is 0. The van der Waals surface area contributed by atoms with Gasteiger partial charge in [-0.15, -0.1) is 0 Å². The van der Waals surface area contributed by atoms with Crippen LogP contribution in [0.1, 0.15) is 11.1 Å². The van der Waals surface area contributed by atoms with Gasteiger partial charge in [0.25, 0.3) is 11.8 Å². The topological polar surface area (TPSA) is 69.6 Å². The van der Waals surface area contributed by atoms with E-state index in [4.69, 9.17) is 35.4 Å². The summed E-state index contributed by atoms with van der Waals surface area (Å²) in [5, 5.41) is 12.6. The molecule has 2 aromatic carbocycles. The van der Waals surface area contributed by atoms with Crippen LogP contribution in [0.2, 0.25) is 10.0 Å². The van der Waals surface area contributed by atoms with Crippen molar-refractivity contribution in [3.8, 4) is 5.75 Å². The fraction of sp³-hybridized carbons (Fsp3) is 0.0556. The van der Waals surface area contributed by atoms with E-state index in [-0.39, 0.29) is 21.5 Å². The maximum atomic E-state index is 13.0. The molecule has 26 heavy (non-hydrogen) atoms. The molecule has 3 rings (SSSR count). The van der Waals surface area contributed by atoms with Gasteiger partial charge in [0.15, 0.2) is 5.11 Å². The highest BCUT2D eigenvalue weighted by atomic mass is 35.5. The Balaban J connectivity index is 2.07. The number of phenols is 1. The lowest BCUT2D eigenvalue weighted by atomic mass is 10.1. The molecule has 2 amide bonds. The zero-order valence-electron chi connectivity index (χ0n) is 13.4. The highest BCUT2D eigenvalue weighted by Gasteiger charge is 2.35. The van der Waals surface area contributed by atoms with Crippen molar-refractivity contribution in [2.24, 2.45) is 0 Å². The van der Waals surface area contributed by atoms with Crippen molar-refractivity contribution < 1.29 is 14.7 Å². The van der Waals surface area contributed by atoms with E-state index in [1.54, 1.807) is 25.1 Å². The second-order valence-corrected chi connectivity index (χ2v) is 6.75. The quantitative estimate of drug-likeness (QED) is 0.451. The number of anilines is 1. The standard InChI is InChI=1S/C18H12Cl2N2O3S/c1-9-12(19)3-2-4-14(9)22-17(25)11(16(24)21-18(22)26)7-10-5-6-15(23)13(20)8-10/h2-8,23H,1H3,(H,21,24,26). The molecule has 8 heteroatoms. The minimum absolute atomic E-state index is 0.0220. The van der Waals surface area contributed by atoms with Crippen LogP contribution in [-0.2, 0) is 9.59 Å². The average molecular weight is 407 g/mol. The van der Waals surface area contributed by atoms with Crippen molar-refractivity contribution in [2.45, 2.75) is 6.92 Å².